The molecule has 0 bridgehead atoms. The average molecular weight is 424 g/mol. The molecule has 3 aromatic rings. The van der Waals surface area contributed by atoms with E-state index in [0.29, 0.717) is 13.1 Å². The summed E-state index contributed by atoms with van der Waals surface area (Å²) in [6, 6.07) is 10.5. The van der Waals surface area contributed by atoms with Crippen molar-refractivity contribution in [2.24, 2.45) is 5.92 Å². The van der Waals surface area contributed by atoms with Crippen LogP contribution in [0, 0.1) is 5.92 Å². The molecule has 0 radical (unpaired) electrons. The molecule has 1 saturated heterocycles. The van der Waals surface area contributed by atoms with Gasteiger partial charge in [-0.25, -0.2) is 9.97 Å². The number of anilines is 1. The predicted octanol–water partition coefficient (Wildman–Crippen LogP) is 3.77. The van der Waals surface area contributed by atoms with Gasteiger partial charge in [-0.1, -0.05) is 30.3 Å². The van der Waals surface area contributed by atoms with Crippen LogP contribution in [0.1, 0.15) is 25.6 Å². The van der Waals surface area contributed by atoms with Crippen LogP contribution >= 0.6 is 11.3 Å². The van der Waals surface area contributed by atoms with Crippen LogP contribution in [0.25, 0.3) is 21.3 Å². The van der Waals surface area contributed by atoms with E-state index in [1.807, 2.05) is 27.1 Å². The molecule has 0 spiro atoms. The molecular formula is C23H29N5OS. The number of carbonyl (C=O) groups is 1. The molecule has 1 aromatic carbocycles. The Morgan fingerprint density at radius 3 is 2.60 bits per heavy atom. The van der Waals surface area contributed by atoms with Gasteiger partial charge in [0, 0.05) is 36.5 Å². The van der Waals surface area contributed by atoms with Crippen LogP contribution in [0.4, 0.5) is 5.82 Å². The molecule has 2 aromatic heterocycles. The summed E-state index contributed by atoms with van der Waals surface area (Å²) in [5.74, 6) is 2.12. The zero-order valence-electron chi connectivity index (χ0n) is 17.9. The fourth-order valence-electron chi connectivity index (χ4n) is 4.05. The van der Waals surface area contributed by atoms with E-state index in [9.17, 15) is 4.79 Å². The van der Waals surface area contributed by atoms with Gasteiger partial charge in [-0.05, 0) is 39.4 Å². The summed E-state index contributed by atoms with van der Waals surface area (Å²) in [6.45, 7) is 5.03. The summed E-state index contributed by atoms with van der Waals surface area (Å²) in [7, 11) is 4.07. The first-order chi connectivity index (χ1) is 14.6. The number of hydrogen-bond acceptors (Lipinski definition) is 6. The maximum absolute atomic E-state index is 12.3. The first-order valence-corrected chi connectivity index (χ1v) is 11.5. The Labute approximate surface area is 181 Å². The van der Waals surface area contributed by atoms with Crippen molar-refractivity contribution in [2.75, 3.05) is 38.6 Å². The number of fused-ring (bicyclic) bond motifs is 1. The second-order valence-corrected chi connectivity index (χ2v) is 8.91. The van der Waals surface area contributed by atoms with Gasteiger partial charge >= 0.3 is 0 Å². The van der Waals surface area contributed by atoms with Crippen molar-refractivity contribution < 1.29 is 4.79 Å². The highest BCUT2D eigenvalue weighted by molar-refractivity contribution is 7.17. The Hall–Kier alpha value is -2.51. The van der Waals surface area contributed by atoms with E-state index in [2.05, 4.69) is 44.8 Å². The smallest absolute Gasteiger partial charge is 0.223 e. The summed E-state index contributed by atoms with van der Waals surface area (Å²) >= 11 is 1.68. The molecule has 1 aliphatic rings. The summed E-state index contributed by atoms with van der Waals surface area (Å²) in [5, 5.41) is 6.29. The minimum Gasteiger partial charge on any atom is -0.356 e. The van der Waals surface area contributed by atoms with Gasteiger partial charge in [0.1, 0.15) is 16.5 Å². The largest absolute Gasteiger partial charge is 0.356 e. The van der Waals surface area contributed by atoms with E-state index in [1.165, 1.54) is 11.1 Å². The Morgan fingerprint density at radius 2 is 1.93 bits per heavy atom. The molecular weight excluding hydrogens is 394 g/mol. The van der Waals surface area contributed by atoms with Crippen LogP contribution in [0.5, 0.6) is 0 Å². The first-order valence-electron chi connectivity index (χ1n) is 10.6. The molecule has 3 heterocycles. The number of nitrogens with one attached hydrogen (secondary N) is 1. The number of nitrogens with zero attached hydrogens (tertiary/aromatic N) is 4. The fraction of sp³-hybridized carbons (Fsp3) is 0.435. The van der Waals surface area contributed by atoms with Crippen LogP contribution in [0.3, 0.4) is 0 Å². The summed E-state index contributed by atoms with van der Waals surface area (Å²) in [4.78, 5) is 27.6. The van der Waals surface area contributed by atoms with Crippen molar-refractivity contribution in [3.05, 3.63) is 41.5 Å². The molecule has 1 N–H and O–H groups in total. The summed E-state index contributed by atoms with van der Waals surface area (Å²) in [6.07, 6.45) is 1.70. The normalized spacial score (nSPS) is 15.1. The Balaban J connectivity index is 1.71. The molecule has 1 aliphatic heterocycles. The third kappa shape index (κ3) is 4.32. The van der Waals surface area contributed by atoms with Crippen LogP contribution in [-0.4, -0.2) is 54.5 Å². The zero-order chi connectivity index (χ0) is 21.1. The highest BCUT2D eigenvalue weighted by atomic mass is 32.1. The SMILES string of the molecule is CCNC(=O)C1CCN(c2nc(CN(C)C)nc3scc(-c4ccccc4)c23)CC1. The van der Waals surface area contributed by atoms with Gasteiger partial charge in [-0.2, -0.15) is 0 Å². The lowest BCUT2D eigenvalue weighted by Gasteiger charge is -2.33. The third-order valence-corrected chi connectivity index (χ3v) is 6.39. The van der Waals surface area contributed by atoms with Crippen LogP contribution < -0.4 is 10.2 Å². The molecule has 4 rings (SSSR count). The van der Waals surface area contributed by atoms with Crippen LogP contribution in [-0.2, 0) is 11.3 Å². The third-order valence-electron chi connectivity index (χ3n) is 5.52. The molecule has 1 amide bonds. The van der Waals surface area contributed by atoms with Crippen molar-refractivity contribution >= 4 is 33.3 Å². The number of amides is 1. The number of rotatable bonds is 6. The highest BCUT2D eigenvalue weighted by Gasteiger charge is 2.27. The van der Waals surface area contributed by atoms with E-state index in [4.69, 9.17) is 9.97 Å². The molecule has 7 heteroatoms. The predicted molar refractivity (Wildman–Crippen MR) is 124 cm³/mol. The molecule has 6 nitrogen and oxygen atoms in total. The second kappa shape index (κ2) is 9.10. The highest BCUT2D eigenvalue weighted by Crippen LogP contribution is 2.39. The topological polar surface area (TPSA) is 61.4 Å². The standard InChI is InChI=1S/C23H29N5OS/c1-4-24-22(29)17-10-12-28(13-11-17)21-20-18(16-8-6-5-7-9-16)15-30-23(20)26-19(25-21)14-27(2)3/h5-9,15,17H,4,10-14H2,1-3H3,(H,24,29). The quantitative estimate of drug-likeness (QED) is 0.654. The molecule has 30 heavy (non-hydrogen) atoms. The molecule has 1 fully saturated rings. The van der Waals surface area contributed by atoms with E-state index < -0.39 is 0 Å². The number of carbonyl (C=O) groups excluding carboxylic acids is 1. The van der Waals surface area contributed by atoms with Gasteiger partial charge in [0.05, 0.1) is 11.9 Å². The fourth-order valence-corrected chi connectivity index (χ4v) is 5.01. The lowest BCUT2D eigenvalue weighted by atomic mass is 9.95. The Bertz CT molecular complexity index is 1010. The van der Waals surface area contributed by atoms with Gasteiger partial charge < -0.3 is 15.1 Å². The monoisotopic (exact) mass is 423 g/mol. The van der Waals surface area contributed by atoms with E-state index >= 15 is 0 Å². The maximum Gasteiger partial charge on any atom is 0.223 e. The number of benzene rings is 1. The molecule has 0 aliphatic carbocycles. The van der Waals surface area contributed by atoms with Crippen molar-refractivity contribution in [1.29, 1.82) is 0 Å². The number of thiophene rings is 1. The van der Waals surface area contributed by atoms with Crippen molar-refractivity contribution in [1.82, 2.24) is 20.2 Å². The van der Waals surface area contributed by atoms with Gasteiger partial charge in [-0.3, -0.25) is 4.79 Å². The first kappa shape index (κ1) is 20.8. The van der Waals surface area contributed by atoms with Crippen molar-refractivity contribution in [2.45, 2.75) is 26.3 Å². The number of hydrogen-bond donors (Lipinski definition) is 1. The molecule has 0 atom stereocenters. The molecule has 0 saturated carbocycles. The minimum absolute atomic E-state index is 0.0934. The van der Waals surface area contributed by atoms with Gasteiger partial charge in [0.15, 0.2) is 0 Å². The lowest BCUT2D eigenvalue weighted by molar-refractivity contribution is -0.125. The van der Waals surface area contributed by atoms with Crippen molar-refractivity contribution in [3.63, 3.8) is 0 Å². The van der Waals surface area contributed by atoms with E-state index in [0.717, 1.165) is 47.8 Å². The van der Waals surface area contributed by atoms with Crippen LogP contribution in [0.2, 0.25) is 0 Å². The van der Waals surface area contributed by atoms with Crippen molar-refractivity contribution in [3.8, 4) is 11.1 Å². The molecule has 0 unspecified atom stereocenters. The average Bonchev–Trinajstić information content (AvgIpc) is 3.17. The number of aromatic nitrogens is 2. The van der Waals surface area contributed by atoms with E-state index in [-0.39, 0.29) is 11.8 Å². The second-order valence-electron chi connectivity index (χ2n) is 8.05. The minimum atomic E-state index is 0.0934. The van der Waals surface area contributed by atoms with Gasteiger partial charge in [-0.15, -0.1) is 11.3 Å². The molecule has 158 valence electrons. The van der Waals surface area contributed by atoms with Crippen LogP contribution in [0.15, 0.2) is 35.7 Å². The Morgan fingerprint density at radius 1 is 1.20 bits per heavy atom. The van der Waals surface area contributed by atoms with E-state index in [1.54, 1.807) is 11.3 Å². The van der Waals surface area contributed by atoms with Gasteiger partial charge in [0.25, 0.3) is 0 Å². The summed E-state index contributed by atoms with van der Waals surface area (Å²) < 4.78 is 0. The number of piperidine rings is 1. The van der Waals surface area contributed by atoms with Gasteiger partial charge in [0.2, 0.25) is 5.91 Å². The lowest BCUT2D eigenvalue weighted by Crippen LogP contribution is -2.41. The Kier molecular flexibility index (Phi) is 6.29. The zero-order valence-corrected chi connectivity index (χ0v) is 18.7. The maximum atomic E-state index is 12.3. The summed E-state index contributed by atoms with van der Waals surface area (Å²) in [5.41, 5.74) is 2.37.